The molecule has 0 aromatic heterocycles. The van der Waals surface area contributed by atoms with Gasteiger partial charge in [-0.15, -0.1) is 6.58 Å². The Morgan fingerprint density at radius 3 is 2.50 bits per heavy atom. The van der Waals surface area contributed by atoms with Crippen molar-refractivity contribution in [3.8, 4) is 0 Å². The van der Waals surface area contributed by atoms with Gasteiger partial charge in [-0.25, -0.2) is 13.1 Å². The predicted molar refractivity (Wildman–Crippen MR) is 119 cm³/mol. The molecule has 0 atom stereocenters. The van der Waals surface area contributed by atoms with E-state index in [9.17, 15) is 8.42 Å². The molecule has 1 rings (SSSR count). The zero-order chi connectivity index (χ0) is 21.0. The number of benzene rings is 1. The molecule has 0 saturated heterocycles. The van der Waals surface area contributed by atoms with E-state index in [2.05, 4.69) is 26.5 Å². The van der Waals surface area contributed by atoms with Crippen LogP contribution in [0.25, 0.3) is 0 Å². The average Bonchev–Trinajstić information content (AvgIpc) is 2.62. The van der Waals surface area contributed by atoms with Crippen molar-refractivity contribution in [1.29, 1.82) is 0 Å². The van der Waals surface area contributed by atoms with Crippen LogP contribution in [0.15, 0.2) is 41.9 Å². The molecule has 1 aromatic rings. The van der Waals surface area contributed by atoms with E-state index in [-0.39, 0.29) is 11.8 Å². The number of sulfonamides is 1. The number of unbranched alkanes of at least 4 members (excludes halogenated alkanes) is 3. The number of guanidine groups is 1. The van der Waals surface area contributed by atoms with Crippen molar-refractivity contribution in [3.05, 3.63) is 48.0 Å². The molecule has 6 nitrogen and oxygen atoms in total. The summed E-state index contributed by atoms with van der Waals surface area (Å²) in [4.78, 5) is 6.45. The second-order valence-electron chi connectivity index (χ2n) is 7.26. The molecular weight excluding hydrogens is 372 g/mol. The van der Waals surface area contributed by atoms with Crippen LogP contribution >= 0.6 is 0 Å². The maximum absolute atomic E-state index is 12.3. The lowest BCUT2D eigenvalue weighted by atomic mass is 10.1. The maximum Gasteiger partial charge on any atom is 0.216 e. The van der Waals surface area contributed by atoms with Crippen LogP contribution in [-0.4, -0.2) is 46.0 Å². The minimum Gasteiger partial charge on any atom is -0.352 e. The summed E-state index contributed by atoms with van der Waals surface area (Å²) < 4.78 is 27.2. The molecule has 0 aliphatic carbocycles. The van der Waals surface area contributed by atoms with Crippen LogP contribution in [0.3, 0.4) is 0 Å². The number of rotatable bonds is 12. The van der Waals surface area contributed by atoms with Gasteiger partial charge in [0.05, 0.1) is 5.75 Å². The van der Waals surface area contributed by atoms with Gasteiger partial charge in [0, 0.05) is 33.2 Å². The molecular formula is C21H36N4O2S. The number of nitrogens with zero attached hydrogens (tertiary/aromatic N) is 2. The average molecular weight is 409 g/mol. The van der Waals surface area contributed by atoms with Crippen molar-refractivity contribution in [2.45, 2.75) is 57.9 Å². The minimum atomic E-state index is -3.36. The van der Waals surface area contributed by atoms with Gasteiger partial charge in [-0.3, -0.25) is 4.99 Å². The van der Waals surface area contributed by atoms with Crippen molar-refractivity contribution in [3.63, 3.8) is 0 Å². The van der Waals surface area contributed by atoms with E-state index in [4.69, 9.17) is 0 Å². The summed E-state index contributed by atoms with van der Waals surface area (Å²) in [6, 6.07) is 7.50. The molecule has 1 aromatic carbocycles. The number of nitrogens with one attached hydrogen (secondary N) is 2. The maximum atomic E-state index is 12.3. The fraction of sp³-hybridized carbons (Fsp3) is 0.571. The summed E-state index contributed by atoms with van der Waals surface area (Å²) in [5.41, 5.74) is 1.75. The fourth-order valence-corrected chi connectivity index (χ4v) is 4.45. The topological polar surface area (TPSA) is 73.8 Å². The van der Waals surface area contributed by atoms with Crippen LogP contribution in [0.5, 0.6) is 0 Å². The van der Waals surface area contributed by atoms with Crippen molar-refractivity contribution >= 4 is 16.0 Å². The molecule has 0 saturated carbocycles. The summed E-state index contributed by atoms with van der Waals surface area (Å²) in [5, 5.41) is 3.35. The molecule has 7 heteroatoms. The molecule has 0 aliphatic rings. The molecule has 2 N–H and O–H groups in total. The van der Waals surface area contributed by atoms with E-state index in [0.29, 0.717) is 6.54 Å². The van der Waals surface area contributed by atoms with Gasteiger partial charge in [0.1, 0.15) is 0 Å². The van der Waals surface area contributed by atoms with Crippen molar-refractivity contribution < 1.29 is 8.42 Å². The van der Waals surface area contributed by atoms with Gasteiger partial charge in [0.2, 0.25) is 10.0 Å². The Morgan fingerprint density at radius 2 is 1.89 bits per heavy atom. The number of aliphatic imine (C=N–C) groups is 1. The second kappa shape index (κ2) is 12.6. The molecule has 0 radical (unpaired) electrons. The van der Waals surface area contributed by atoms with Gasteiger partial charge in [0.15, 0.2) is 5.96 Å². The largest absolute Gasteiger partial charge is 0.352 e. The van der Waals surface area contributed by atoms with Crippen LogP contribution in [0, 0.1) is 0 Å². The molecule has 0 spiro atoms. The summed E-state index contributed by atoms with van der Waals surface area (Å²) in [7, 11) is 0.421. The minimum absolute atomic E-state index is 0.0270. The molecule has 0 unspecified atom stereocenters. The van der Waals surface area contributed by atoms with Crippen LogP contribution in [0.1, 0.15) is 50.7 Å². The first-order valence-corrected chi connectivity index (χ1v) is 11.5. The summed E-state index contributed by atoms with van der Waals surface area (Å²) in [5.74, 6) is 0.780. The number of hydrogen-bond donors (Lipinski definition) is 2. The summed E-state index contributed by atoms with van der Waals surface area (Å²) in [6.07, 6.45) is 6.44. The SMILES string of the molecule is C=CCCCCCN(C)C(=NC)NCc1ccccc1CS(=O)(=O)NC(C)C. The Bertz CT molecular complexity index is 730. The van der Waals surface area contributed by atoms with Gasteiger partial charge in [-0.2, -0.15) is 0 Å². The lowest BCUT2D eigenvalue weighted by molar-refractivity contribution is 0.455. The molecule has 28 heavy (non-hydrogen) atoms. The van der Waals surface area contributed by atoms with E-state index in [1.807, 2.05) is 51.2 Å². The van der Waals surface area contributed by atoms with Gasteiger partial charge in [-0.05, 0) is 44.2 Å². The summed E-state index contributed by atoms with van der Waals surface area (Å²) in [6.45, 7) is 8.84. The van der Waals surface area contributed by atoms with Crippen LogP contribution < -0.4 is 10.0 Å². The Labute approximate surface area is 171 Å². The normalized spacial score (nSPS) is 12.2. The molecule has 0 aliphatic heterocycles. The number of allylic oxidation sites excluding steroid dienone is 1. The highest BCUT2D eigenvalue weighted by molar-refractivity contribution is 7.88. The smallest absolute Gasteiger partial charge is 0.216 e. The Balaban J connectivity index is 2.66. The Hall–Kier alpha value is -1.86. The monoisotopic (exact) mass is 408 g/mol. The first kappa shape index (κ1) is 24.2. The fourth-order valence-electron chi connectivity index (χ4n) is 2.96. The molecule has 158 valence electrons. The second-order valence-corrected chi connectivity index (χ2v) is 9.01. The highest BCUT2D eigenvalue weighted by Gasteiger charge is 2.15. The standard InChI is InChI=1S/C21H36N4O2S/c1-6-7-8-9-12-15-25(5)21(22-4)23-16-19-13-10-11-14-20(19)17-28(26,27)24-18(2)3/h6,10-11,13-14,18,24H,1,7-9,12,15-17H2,2-5H3,(H,22,23). The molecule has 0 amide bonds. The van der Waals surface area contributed by atoms with Gasteiger partial charge in [0.25, 0.3) is 0 Å². The van der Waals surface area contributed by atoms with Crippen molar-refractivity contribution in [2.75, 3.05) is 20.6 Å². The third-order valence-corrected chi connectivity index (χ3v) is 5.81. The van der Waals surface area contributed by atoms with E-state index in [0.717, 1.165) is 49.3 Å². The Morgan fingerprint density at radius 1 is 1.21 bits per heavy atom. The highest BCUT2D eigenvalue weighted by Crippen LogP contribution is 2.13. The third kappa shape index (κ3) is 9.37. The van der Waals surface area contributed by atoms with Crippen LogP contribution in [0.4, 0.5) is 0 Å². The molecule has 0 heterocycles. The molecule has 0 fully saturated rings. The highest BCUT2D eigenvalue weighted by atomic mass is 32.2. The van der Waals surface area contributed by atoms with Gasteiger partial charge >= 0.3 is 0 Å². The molecule has 0 bridgehead atoms. The first-order chi connectivity index (χ1) is 13.3. The quantitative estimate of drug-likeness (QED) is 0.241. The van der Waals surface area contributed by atoms with E-state index in [1.165, 1.54) is 0 Å². The lowest BCUT2D eigenvalue weighted by Crippen LogP contribution is -2.39. The number of hydrogen-bond acceptors (Lipinski definition) is 3. The van der Waals surface area contributed by atoms with E-state index in [1.54, 1.807) is 7.05 Å². The van der Waals surface area contributed by atoms with Gasteiger partial charge in [-0.1, -0.05) is 36.8 Å². The van der Waals surface area contributed by atoms with Crippen LogP contribution in [-0.2, 0) is 22.3 Å². The summed E-state index contributed by atoms with van der Waals surface area (Å²) >= 11 is 0. The first-order valence-electron chi connectivity index (χ1n) is 9.88. The zero-order valence-corrected chi connectivity index (χ0v) is 18.6. The van der Waals surface area contributed by atoms with Crippen molar-refractivity contribution in [1.82, 2.24) is 14.9 Å². The lowest BCUT2D eigenvalue weighted by Gasteiger charge is -2.22. The third-order valence-electron chi connectivity index (χ3n) is 4.29. The van der Waals surface area contributed by atoms with Crippen LogP contribution in [0.2, 0.25) is 0 Å². The zero-order valence-electron chi connectivity index (χ0n) is 17.7. The predicted octanol–water partition coefficient (Wildman–Crippen LogP) is 3.27. The van der Waals surface area contributed by atoms with Crippen molar-refractivity contribution in [2.24, 2.45) is 4.99 Å². The van der Waals surface area contributed by atoms with E-state index >= 15 is 0 Å². The van der Waals surface area contributed by atoms with Gasteiger partial charge < -0.3 is 10.2 Å². The van der Waals surface area contributed by atoms with E-state index < -0.39 is 10.0 Å². The Kier molecular flexibility index (Phi) is 10.9.